The van der Waals surface area contributed by atoms with Crippen molar-refractivity contribution in [1.82, 2.24) is 4.98 Å². The summed E-state index contributed by atoms with van der Waals surface area (Å²) in [7, 11) is 0. The zero-order valence-electron chi connectivity index (χ0n) is 10.0. The Morgan fingerprint density at radius 2 is 1.95 bits per heavy atom. The van der Waals surface area contributed by atoms with Crippen molar-refractivity contribution in [3.05, 3.63) is 52.8 Å². The van der Waals surface area contributed by atoms with Crippen LogP contribution in [0.4, 0.5) is 5.69 Å². The minimum absolute atomic E-state index is 0.000503. The highest BCUT2D eigenvalue weighted by atomic mass is 35.5. The second-order valence-electron chi connectivity index (χ2n) is 3.79. The van der Waals surface area contributed by atoms with Crippen LogP contribution in [0.15, 0.2) is 36.5 Å². The fourth-order valence-electron chi connectivity index (χ4n) is 1.60. The van der Waals surface area contributed by atoms with Gasteiger partial charge in [0.15, 0.2) is 5.69 Å². The number of hydrogen-bond acceptors (Lipinski definition) is 4. The number of carbonyl (C=O) groups is 2. The fourth-order valence-corrected chi connectivity index (χ4v) is 1.85. The molecule has 7 heteroatoms. The third kappa shape index (κ3) is 2.70. The van der Waals surface area contributed by atoms with Gasteiger partial charge in [0.25, 0.3) is 5.91 Å². The lowest BCUT2D eigenvalue weighted by Crippen LogP contribution is -2.16. The van der Waals surface area contributed by atoms with Crippen molar-refractivity contribution in [2.75, 3.05) is 5.32 Å². The van der Waals surface area contributed by atoms with Gasteiger partial charge >= 0.3 is 5.97 Å². The van der Waals surface area contributed by atoms with Crippen molar-refractivity contribution in [2.24, 2.45) is 0 Å². The van der Waals surface area contributed by atoms with Crippen LogP contribution in [0.2, 0.25) is 5.02 Å². The first-order chi connectivity index (χ1) is 9.50. The van der Waals surface area contributed by atoms with E-state index in [4.69, 9.17) is 16.7 Å². The van der Waals surface area contributed by atoms with E-state index in [-0.39, 0.29) is 27.7 Å². The highest BCUT2D eigenvalue weighted by molar-refractivity contribution is 6.34. The Balaban J connectivity index is 2.36. The molecule has 1 aromatic carbocycles. The number of nitrogens with zero attached hydrogens (tertiary/aromatic N) is 1. The number of hydrogen-bond donors (Lipinski definition) is 3. The van der Waals surface area contributed by atoms with Crippen LogP contribution in [0.25, 0.3) is 0 Å². The summed E-state index contributed by atoms with van der Waals surface area (Å²) >= 11 is 5.79. The molecule has 0 fully saturated rings. The topological polar surface area (TPSA) is 99.5 Å². The zero-order chi connectivity index (χ0) is 14.7. The van der Waals surface area contributed by atoms with Crippen molar-refractivity contribution in [3.63, 3.8) is 0 Å². The molecule has 1 amide bonds. The largest absolute Gasteiger partial charge is 0.505 e. The van der Waals surface area contributed by atoms with Crippen LogP contribution in [-0.4, -0.2) is 27.1 Å². The quantitative estimate of drug-likeness (QED) is 0.806. The van der Waals surface area contributed by atoms with E-state index >= 15 is 0 Å². The molecular formula is C13H9ClN2O4. The lowest BCUT2D eigenvalue weighted by molar-refractivity contribution is 0.0698. The number of carboxylic acid groups (broad SMARTS) is 1. The second-order valence-corrected chi connectivity index (χ2v) is 4.20. The highest BCUT2D eigenvalue weighted by Gasteiger charge is 2.18. The molecule has 3 N–H and O–H groups in total. The number of aromatic nitrogens is 1. The van der Waals surface area contributed by atoms with E-state index in [1.807, 2.05) is 0 Å². The summed E-state index contributed by atoms with van der Waals surface area (Å²) in [5, 5.41) is 21.0. The molecule has 0 atom stereocenters. The van der Waals surface area contributed by atoms with Gasteiger partial charge in [-0.05, 0) is 24.3 Å². The Bertz CT molecular complexity index is 688. The molecule has 1 heterocycles. The Kier molecular flexibility index (Phi) is 3.86. The molecular weight excluding hydrogens is 284 g/mol. The van der Waals surface area contributed by atoms with Crippen LogP contribution in [-0.2, 0) is 0 Å². The molecule has 0 spiro atoms. The van der Waals surface area contributed by atoms with Gasteiger partial charge in [0.05, 0.1) is 10.7 Å². The highest BCUT2D eigenvalue weighted by Crippen LogP contribution is 2.25. The molecule has 20 heavy (non-hydrogen) atoms. The summed E-state index contributed by atoms with van der Waals surface area (Å²) in [6, 6.07) is 7.07. The maximum Gasteiger partial charge on any atom is 0.339 e. The minimum atomic E-state index is -1.27. The van der Waals surface area contributed by atoms with E-state index in [9.17, 15) is 14.7 Å². The molecule has 102 valence electrons. The van der Waals surface area contributed by atoms with E-state index < -0.39 is 11.9 Å². The summed E-state index contributed by atoms with van der Waals surface area (Å²) < 4.78 is 0. The van der Waals surface area contributed by atoms with E-state index in [1.54, 1.807) is 0 Å². The summed E-state index contributed by atoms with van der Waals surface area (Å²) in [5.41, 5.74) is -0.401. The first-order valence-electron chi connectivity index (χ1n) is 5.48. The molecule has 2 rings (SSSR count). The summed E-state index contributed by atoms with van der Waals surface area (Å²) in [6.45, 7) is 0. The monoisotopic (exact) mass is 292 g/mol. The summed E-state index contributed by atoms with van der Waals surface area (Å²) in [4.78, 5) is 26.8. The van der Waals surface area contributed by atoms with Gasteiger partial charge in [-0.3, -0.25) is 4.79 Å². The van der Waals surface area contributed by atoms with Gasteiger partial charge in [-0.2, -0.15) is 0 Å². The summed E-state index contributed by atoms with van der Waals surface area (Å²) in [5.74, 6) is -2.30. The Morgan fingerprint density at radius 3 is 2.60 bits per heavy atom. The zero-order valence-corrected chi connectivity index (χ0v) is 10.8. The fraction of sp³-hybridized carbons (Fsp3) is 0. The number of aromatic carboxylic acids is 1. The van der Waals surface area contributed by atoms with Crippen LogP contribution >= 0.6 is 11.6 Å². The number of halogens is 1. The molecule has 1 aromatic heterocycles. The molecule has 6 nitrogen and oxygen atoms in total. The van der Waals surface area contributed by atoms with Crippen LogP contribution in [0, 0.1) is 0 Å². The lowest BCUT2D eigenvalue weighted by atomic mass is 10.1. The second kappa shape index (κ2) is 5.58. The number of carboxylic acids is 1. The van der Waals surface area contributed by atoms with Crippen molar-refractivity contribution in [2.45, 2.75) is 0 Å². The molecule has 0 unspecified atom stereocenters. The third-order valence-electron chi connectivity index (χ3n) is 2.48. The number of carbonyl (C=O) groups excluding carboxylic acids is 1. The lowest BCUT2D eigenvalue weighted by Gasteiger charge is -2.09. The van der Waals surface area contributed by atoms with Crippen LogP contribution in [0.3, 0.4) is 0 Å². The normalized spacial score (nSPS) is 10.1. The molecule has 2 aromatic rings. The maximum atomic E-state index is 12.0. The number of nitrogens with one attached hydrogen (secondary N) is 1. The van der Waals surface area contributed by atoms with Gasteiger partial charge in [-0.25, -0.2) is 9.78 Å². The summed E-state index contributed by atoms with van der Waals surface area (Å²) in [6.07, 6.45) is 1.34. The Hall–Kier alpha value is -2.60. The van der Waals surface area contributed by atoms with E-state index in [2.05, 4.69) is 10.3 Å². The first kappa shape index (κ1) is 13.8. The van der Waals surface area contributed by atoms with Gasteiger partial charge in [0.2, 0.25) is 0 Å². The van der Waals surface area contributed by atoms with E-state index in [0.717, 1.165) is 0 Å². The van der Waals surface area contributed by atoms with Crippen molar-refractivity contribution < 1.29 is 19.8 Å². The molecule has 0 saturated carbocycles. The van der Waals surface area contributed by atoms with Crippen molar-refractivity contribution >= 4 is 29.2 Å². The van der Waals surface area contributed by atoms with Crippen LogP contribution < -0.4 is 5.32 Å². The van der Waals surface area contributed by atoms with Gasteiger partial charge in [0, 0.05) is 6.20 Å². The van der Waals surface area contributed by atoms with Crippen LogP contribution in [0.5, 0.6) is 5.75 Å². The minimum Gasteiger partial charge on any atom is -0.505 e. The average molecular weight is 293 g/mol. The predicted octanol–water partition coefficient (Wildman–Crippen LogP) is 2.39. The number of anilines is 1. The maximum absolute atomic E-state index is 12.0. The SMILES string of the molecule is O=C(Nc1cccc(Cl)c1C(=O)O)c1ncccc1O. The number of amides is 1. The van der Waals surface area contributed by atoms with Crippen molar-refractivity contribution in [3.8, 4) is 5.75 Å². The molecule has 0 aliphatic heterocycles. The number of benzene rings is 1. The molecule has 0 bridgehead atoms. The van der Waals surface area contributed by atoms with Gasteiger partial charge in [-0.15, -0.1) is 0 Å². The van der Waals surface area contributed by atoms with Gasteiger partial charge in [-0.1, -0.05) is 17.7 Å². The van der Waals surface area contributed by atoms with E-state index in [0.29, 0.717) is 0 Å². The Morgan fingerprint density at radius 1 is 1.20 bits per heavy atom. The smallest absolute Gasteiger partial charge is 0.339 e. The van der Waals surface area contributed by atoms with Crippen LogP contribution in [0.1, 0.15) is 20.8 Å². The van der Waals surface area contributed by atoms with Gasteiger partial charge in [0.1, 0.15) is 11.3 Å². The van der Waals surface area contributed by atoms with E-state index in [1.165, 1.54) is 36.5 Å². The molecule has 0 aliphatic rings. The average Bonchev–Trinajstić information content (AvgIpc) is 2.38. The standard InChI is InChI=1S/C13H9ClN2O4/c14-7-3-1-4-8(10(7)13(19)20)16-12(18)11-9(17)5-2-6-15-11/h1-6,17H,(H,16,18)(H,19,20). The number of rotatable bonds is 3. The first-order valence-corrected chi connectivity index (χ1v) is 5.85. The third-order valence-corrected chi connectivity index (χ3v) is 2.79. The number of pyridine rings is 1. The predicted molar refractivity (Wildman–Crippen MR) is 72.3 cm³/mol. The van der Waals surface area contributed by atoms with Gasteiger partial charge < -0.3 is 15.5 Å². The molecule has 0 saturated heterocycles. The van der Waals surface area contributed by atoms with Crippen molar-refractivity contribution in [1.29, 1.82) is 0 Å². The molecule has 0 aliphatic carbocycles. The Labute approximate surface area is 118 Å². The molecule has 0 radical (unpaired) electrons. The number of aromatic hydroxyl groups is 1.